The summed E-state index contributed by atoms with van der Waals surface area (Å²) in [5.41, 5.74) is 0. The van der Waals surface area contributed by atoms with E-state index in [1.165, 1.54) is 5.00 Å². The van der Waals surface area contributed by atoms with E-state index < -0.39 is 0 Å². The minimum atomic E-state index is 0. The molecular weight excluding hydrogens is 449 g/mol. The lowest BCUT2D eigenvalue weighted by Crippen LogP contribution is -2.49. The minimum Gasteiger partial charge on any atom is -0.363 e. The predicted octanol–water partition coefficient (Wildman–Crippen LogP) is 2.17. The molecule has 2 heterocycles. The van der Waals surface area contributed by atoms with Gasteiger partial charge < -0.3 is 20.9 Å². The number of hydrogen-bond donors (Lipinski definition) is 3. The molecule has 1 saturated heterocycles. The molecule has 2 aliphatic rings. The first kappa shape index (κ1) is 20.3. The molecule has 0 atom stereocenters. The van der Waals surface area contributed by atoms with E-state index in [9.17, 15) is 4.79 Å². The van der Waals surface area contributed by atoms with E-state index in [1.54, 1.807) is 11.3 Å². The van der Waals surface area contributed by atoms with Crippen LogP contribution in [0.5, 0.6) is 0 Å². The lowest BCUT2D eigenvalue weighted by Gasteiger charge is -2.33. The molecular formula is C17H28IN5OS. The number of aliphatic imine (C=N–C) groups is 1. The number of halogens is 1. The lowest BCUT2D eigenvalue weighted by molar-refractivity contribution is -0.119. The van der Waals surface area contributed by atoms with Gasteiger partial charge in [0.15, 0.2) is 5.96 Å². The summed E-state index contributed by atoms with van der Waals surface area (Å²) >= 11 is 1.80. The number of anilines is 1. The Morgan fingerprint density at radius 1 is 1.24 bits per heavy atom. The molecule has 8 heteroatoms. The quantitative estimate of drug-likeness (QED) is 0.334. The second-order valence-corrected chi connectivity index (χ2v) is 7.32. The third-order valence-electron chi connectivity index (χ3n) is 4.32. The highest BCUT2D eigenvalue weighted by atomic mass is 127. The topological polar surface area (TPSA) is 68.8 Å². The number of amides is 1. The molecule has 0 spiro atoms. The maximum absolute atomic E-state index is 11.8. The largest absolute Gasteiger partial charge is 0.363 e. The van der Waals surface area contributed by atoms with Gasteiger partial charge >= 0.3 is 0 Å². The van der Waals surface area contributed by atoms with Gasteiger partial charge in [0.1, 0.15) is 6.54 Å². The monoisotopic (exact) mass is 477 g/mol. The van der Waals surface area contributed by atoms with E-state index in [0.29, 0.717) is 12.1 Å². The van der Waals surface area contributed by atoms with Crippen LogP contribution in [0, 0.1) is 0 Å². The van der Waals surface area contributed by atoms with E-state index in [2.05, 4.69) is 43.4 Å². The van der Waals surface area contributed by atoms with Crippen LogP contribution in [0.15, 0.2) is 22.5 Å². The van der Waals surface area contributed by atoms with Crippen LogP contribution in [0.2, 0.25) is 0 Å². The molecule has 0 bridgehead atoms. The second-order valence-electron chi connectivity index (χ2n) is 6.39. The molecule has 0 radical (unpaired) electrons. The summed E-state index contributed by atoms with van der Waals surface area (Å²) in [7, 11) is 0. The Kier molecular flexibility index (Phi) is 8.28. The van der Waals surface area contributed by atoms with Gasteiger partial charge in [0.25, 0.3) is 0 Å². The first-order valence-corrected chi connectivity index (χ1v) is 9.75. The first-order chi connectivity index (χ1) is 11.7. The third kappa shape index (κ3) is 6.65. The van der Waals surface area contributed by atoms with Crippen LogP contribution in [-0.4, -0.2) is 50.1 Å². The zero-order valence-corrected chi connectivity index (χ0v) is 17.8. The van der Waals surface area contributed by atoms with Gasteiger partial charge in [-0.3, -0.25) is 4.79 Å². The Hall–Kier alpha value is -1.03. The van der Waals surface area contributed by atoms with Crippen molar-refractivity contribution in [1.82, 2.24) is 16.0 Å². The van der Waals surface area contributed by atoms with Gasteiger partial charge in [0.2, 0.25) is 5.91 Å². The highest BCUT2D eigenvalue weighted by molar-refractivity contribution is 14.0. The average molecular weight is 477 g/mol. The highest BCUT2D eigenvalue weighted by Gasteiger charge is 2.23. The molecule has 1 amide bonds. The van der Waals surface area contributed by atoms with E-state index in [4.69, 9.17) is 0 Å². The summed E-state index contributed by atoms with van der Waals surface area (Å²) in [5, 5.41) is 13.2. The van der Waals surface area contributed by atoms with Crippen LogP contribution < -0.4 is 20.9 Å². The predicted molar refractivity (Wildman–Crippen MR) is 115 cm³/mol. The summed E-state index contributed by atoms with van der Waals surface area (Å²) in [4.78, 5) is 18.7. The smallest absolute Gasteiger partial charge is 0.242 e. The van der Waals surface area contributed by atoms with Crippen LogP contribution in [0.1, 0.15) is 32.6 Å². The molecule has 140 valence electrons. The average Bonchev–Trinajstić information content (AvgIpc) is 3.23. The van der Waals surface area contributed by atoms with E-state index >= 15 is 0 Å². The number of nitrogens with zero attached hydrogens (tertiary/aromatic N) is 2. The van der Waals surface area contributed by atoms with Crippen LogP contribution in [-0.2, 0) is 4.79 Å². The Morgan fingerprint density at radius 2 is 1.96 bits per heavy atom. The summed E-state index contributed by atoms with van der Waals surface area (Å²) in [6.07, 6.45) is 4.38. The van der Waals surface area contributed by atoms with Gasteiger partial charge in [-0.2, -0.15) is 0 Å². The fourth-order valence-corrected chi connectivity index (χ4v) is 3.64. The molecule has 0 aromatic carbocycles. The number of guanidine groups is 1. The van der Waals surface area contributed by atoms with Crippen LogP contribution >= 0.6 is 35.3 Å². The number of hydrogen-bond acceptors (Lipinski definition) is 4. The molecule has 6 nitrogen and oxygen atoms in total. The molecule has 3 N–H and O–H groups in total. The van der Waals surface area contributed by atoms with Crippen molar-refractivity contribution in [2.75, 3.05) is 31.1 Å². The van der Waals surface area contributed by atoms with Crippen molar-refractivity contribution < 1.29 is 4.79 Å². The zero-order valence-electron chi connectivity index (χ0n) is 14.7. The van der Waals surface area contributed by atoms with E-state index in [-0.39, 0.29) is 36.4 Å². The molecule has 1 aliphatic carbocycles. The van der Waals surface area contributed by atoms with Gasteiger partial charge in [0, 0.05) is 31.7 Å². The normalized spacial score (nSPS) is 18.4. The number of nitrogens with one attached hydrogen (secondary N) is 3. The molecule has 1 aromatic heterocycles. The first-order valence-electron chi connectivity index (χ1n) is 8.87. The number of thiophene rings is 1. The molecule has 1 aromatic rings. The maximum Gasteiger partial charge on any atom is 0.242 e. The fourth-order valence-electron chi connectivity index (χ4n) is 2.86. The lowest BCUT2D eigenvalue weighted by atomic mass is 10.1. The van der Waals surface area contributed by atoms with E-state index in [1.807, 2.05) is 6.92 Å². The Labute approximate surface area is 170 Å². The molecule has 3 rings (SSSR count). The summed E-state index contributed by atoms with van der Waals surface area (Å²) < 4.78 is 0. The number of carbonyl (C=O) groups is 1. The third-order valence-corrected chi connectivity index (χ3v) is 5.25. The minimum absolute atomic E-state index is 0. The Morgan fingerprint density at radius 3 is 2.56 bits per heavy atom. The standard InChI is InChI=1S/C17H27N5OS.HI/c1-2-18-17(19-12-15(23)20-13-5-6-13)21-14-7-9-22(10-8-14)16-4-3-11-24-16;/h3-4,11,13-14H,2,5-10,12H2,1H3,(H,20,23)(H2,18,19,21);1H. The van der Waals surface area contributed by atoms with E-state index in [0.717, 1.165) is 51.3 Å². The van der Waals surface area contributed by atoms with Crippen molar-refractivity contribution in [2.45, 2.75) is 44.7 Å². The summed E-state index contributed by atoms with van der Waals surface area (Å²) in [6.45, 7) is 5.14. The molecule has 25 heavy (non-hydrogen) atoms. The Bertz CT molecular complexity index is 553. The van der Waals surface area contributed by atoms with Crippen molar-refractivity contribution in [1.29, 1.82) is 0 Å². The van der Waals surface area contributed by atoms with Gasteiger partial charge in [-0.15, -0.1) is 35.3 Å². The molecule has 2 fully saturated rings. The van der Waals surface area contributed by atoms with Crippen molar-refractivity contribution in [3.63, 3.8) is 0 Å². The van der Waals surface area contributed by atoms with Crippen molar-refractivity contribution in [3.8, 4) is 0 Å². The highest BCUT2D eigenvalue weighted by Crippen LogP contribution is 2.24. The van der Waals surface area contributed by atoms with Gasteiger partial charge in [-0.25, -0.2) is 4.99 Å². The molecule has 1 aliphatic heterocycles. The molecule has 1 saturated carbocycles. The van der Waals surface area contributed by atoms with Crippen LogP contribution in [0.4, 0.5) is 5.00 Å². The Balaban J connectivity index is 0.00000225. The number of rotatable bonds is 6. The number of carbonyl (C=O) groups excluding carboxylic acids is 1. The zero-order chi connectivity index (χ0) is 16.8. The fraction of sp³-hybridized carbons (Fsp3) is 0.647. The molecule has 0 unspecified atom stereocenters. The van der Waals surface area contributed by atoms with Gasteiger partial charge in [0.05, 0.1) is 5.00 Å². The van der Waals surface area contributed by atoms with Gasteiger partial charge in [-0.1, -0.05) is 0 Å². The van der Waals surface area contributed by atoms with Crippen LogP contribution in [0.3, 0.4) is 0 Å². The number of piperidine rings is 1. The summed E-state index contributed by atoms with van der Waals surface area (Å²) in [6, 6.07) is 5.09. The SMILES string of the molecule is CCNC(=NCC(=O)NC1CC1)NC1CCN(c2cccs2)CC1.I. The van der Waals surface area contributed by atoms with Crippen molar-refractivity contribution >= 4 is 52.2 Å². The van der Waals surface area contributed by atoms with Crippen LogP contribution in [0.25, 0.3) is 0 Å². The maximum atomic E-state index is 11.8. The van der Waals surface area contributed by atoms with Gasteiger partial charge in [-0.05, 0) is 50.1 Å². The summed E-state index contributed by atoms with van der Waals surface area (Å²) in [5.74, 6) is 0.764. The van der Waals surface area contributed by atoms with Crippen molar-refractivity contribution in [3.05, 3.63) is 17.5 Å². The van der Waals surface area contributed by atoms with Crippen molar-refractivity contribution in [2.24, 2.45) is 4.99 Å². The second kappa shape index (κ2) is 10.2.